The molecular formula is C19H13ClF3N3O4. The molecule has 2 amide bonds. The smallest absolute Gasteiger partial charge is 0.416 e. The average molecular weight is 440 g/mol. The fourth-order valence-corrected chi connectivity index (χ4v) is 2.33. The minimum Gasteiger partial charge on any atom is -0.452 e. The molecule has 2 aromatic rings. The first-order valence-electron chi connectivity index (χ1n) is 8.20. The third-order valence-electron chi connectivity index (χ3n) is 3.55. The second kappa shape index (κ2) is 9.76. The van der Waals surface area contributed by atoms with E-state index in [0.717, 1.165) is 12.1 Å². The highest BCUT2D eigenvalue weighted by Gasteiger charge is 2.31. The fraction of sp³-hybridized carbons (Fsp3) is 0.158. The summed E-state index contributed by atoms with van der Waals surface area (Å²) in [7, 11) is 0. The lowest BCUT2D eigenvalue weighted by Crippen LogP contribution is -2.21. The van der Waals surface area contributed by atoms with Gasteiger partial charge in [0.2, 0.25) is 5.91 Å². The standard InChI is InChI=1S/C19H13ClF3N3O4/c20-14-6-3-12(19(21,22)23)9-15(14)26-17(28)10-30-18(29)11-1-4-13(5-2-11)25-16(27)7-8-24/h1-6,9H,7,10H2,(H,25,27)(H,26,28). The number of ether oxygens (including phenoxy) is 1. The van der Waals surface area contributed by atoms with Crippen LogP contribution in [-0.2, 0) is 20.5 Å². The Bertz CT molecular complexity index is 1000. The molecule has 0 aliphatic carbocycles. The first kappa shape index (κ1) is 22.7. The largest absolute Gasteiger partial charge is 0.452 e. The van der Waals surface area contributed by atoms with Crippen molar-refractivity contribution >= 4 is 40.8 Å². The van der Waals surface area contributed by atoms with Gasteiger partial charge in [-0.3, -0.25) is 9.59 Å². The van der Waals surface area contributed by atoms with Crippen molar-refractivity contribution in [1.29, 1.82) is 5.26 Å². The van der Waals surface area contributed by atoms with Gasteiger partial charge >= 0.3 is 12.1 Å². The number of alkyl halides is 3. The van der Waals surface area contributed by atoms with Crippen LogP contribution in [0.5, 0.6) is 0 Å². The summed E-state index contributed by atoms with van der Waals surface area (Å²) in [5, 5.41) is 12.9. The molecule has 0 atom stereocenters. The summed E-state index contributed by atoms with van der Waals surface area (Å²) in [6.07, 6.45) is -4.94. The second-order valence-electron chi connectivity index (χ2n) is 5.78. The highest BCUT2D eigenvalue weighted by molar-refractivity contribution is 6.33. The third kappa shape index (κ3) is 6.49. The zero-order chi connectivity index (χ0) is 22.3. The number of hydrogen-bond acceptors (Lipinski definition) is 5. The Morgan fingerprint density at radius 3 is 2.30 bits per heavy atom. The lowest BCUT2D eigenvalue weighted by Gasteiger charge is -2.12. The minimum absolute atomic E-state index is 0.0678. The second-order valence-corrected chi connectivity index (χ2v) is 6.18. The zero-order valence-corrected chi connectivity index (χ0v) is 15.8. The van der Waals surface area contributed by atoms with Crippen LogP contribution in [0.25, 0.3) is 0 Å². The number of carbonyl (C=O) groups is 3. The number of anilines is 2. The van der Waals surface area contributed by atoms with Crippen LogP contribution in [0.3, 0.4) is 0 Å². The van der Waals surface area contributed by atoms with E-state index < -0.39 is 36.1 Å². The molecule has 2 rings (SSSR count). The number of nitriles is 1. The molecule has 0 aromatic heterocycles. The summed E-state index contributed by atoms with van der Waals surface area (Å²) in [6.45, 7) is -0.758. The van der Waals surface area contributed by atoms with Crippen molar-refractivity contribution in [2.75, 3.05) is 17.2 Å². The van der Waals surface area contributed by atoms with Crippen LogP contribution in [0.2, 0.25) is 5.02 Å². The number of esters is 1. The number of benzene rings is 2. The summed E-state index contributed by atoms with van der Waals surface area (Å²) in [6, 6.07) is 9.56. The van der Waals surface area contributed by atoms with Crippen LogP contribution in [-0.4, -0.2) is 24.4 Å². The molecule has 0 unspecified atom stereocenters. The van der Waals surface area contributed by atoms with Crippen LogP contribution < -0.4 is 10.6 Å². The maximum atomic E-state index is 12.8. The van der Waals surface area contributed by atoms with Crippen LogP contribution >= 0.6 is 11.6 Å². The van der Waals surface area contributed by atoms with Crippen molar-refractivity contribution < 1.29 is 32.3 Å². The van der Waals surface area contributed by atoms with Gasteiger partial charge in [0.15, 0.2) is 6.61 Å². The predicted octanol–water partition coefficient (Wildman–Crippen LogP) is 4.01. The van der Waals surface area contributed by atoms with Gasteiger partial charge in [0, 0.05) is 5.69 Å². The molecule has 2 aromatic carbocycles. The van der Waals surface area contributed by atoms with Gasteiger partial charge in [-0.2, -0.15) is 18.4 Å². The van der Waals surface area contributed by atoms with Crippen molar-refractivity contribution in [3.63, 3.8) is 0 Å². The molecule has 2 N–H and O–H groups in total. The lowest BCUT2D eigenvalue weighted by molar-refractivity contribution is -0.137. The van der Waals surface area contributed by atoms with Gasteiger partial charge in [-0.1, -0.05) is 11.6 Å². The van der Waals surface area contributed by atoms with E-state index in [0.29, 0.717) is 11.8 Å². The molecule has 0 spiro atoms. The lowest BCUT2D eigenvalue weighted by atomic mass is 10.2. The van der Waals surface area contributed by atoms with Gasteiger partial charge < -0.3 is 15.4 Å². The molecular weight excluding hydrogens is 427 g/mol. The fourth-order valence-electron chi connectivity index (χ4n) is 2.16. The molecule has 0 saturated carbocycles. The van der Waals surface area contributed by atoms with E-state index in [1.165, 1.54) is 24.3 Å². The van der Waals surface area contributed by atoms with E-state index in [-0.39, 0.29) is 22.7 Å². The maximum absolute atomic E-state index is 12.8. The highest BCUT2D eigenvalue weighted by Crippen LogP contribution is 2.33. The number of halogens is 4. The first-order chi connectivity index (χ1) is 14.1. The molecule has 7 nitrogen and oxygen atoms in total. The van der Waals surface area contributed by atoms with E-state index in [2.05, 4.69) is 10.6 Å². The summed E-state index contributed by atoms with van der Waals surface area (Å²) in [4.78, 5) is 35.2. The summed E-state index contributed by atoms with van der Waals surface area (Å²) >= 11 is 5.78. The molecule has 0 radical (unpaired) electrons. The van der Waals surface area contributed by atoms with Gasteiger partial charge in [-0.15, -0.1) is 0 Å². The topological polar surface area (TPSA) is 108 Å². The number of amides is 2. The molecule has 11 heteroatoms. The van der Waals surface area contributed by atoms with Gasteiger partial charge in [0.25, 0.3) is 5.91 Å². The van der Waals surface area contributed by atoms with Crippen LogP contribution in [0.1, 0.15) is 22.3 Å². The molecule has 0 aliphatic heterocycles. The van der Waals surface area contributed by atoms with E-state index in [1.807, 2.05) is 0 Å². The Hall–Kier alpha value is -3.58. The molecule has 0 bridgehead atoms. The Labute approximate surface area is 173 Å². The Morgan fingerprint density at radius 2 is 1.70 bits per heavy atom. The zero-order valence-electron chi connectivity index (χ0n) is 15.0. The minimum atomic E-state index is -4.61. The van der Waals surface area contributed by atoms with E-state index in [4.69, 9.17) is 21.6 Å². The van der Waals surface area contributed by atoms with Crippen molar-refractivity contribution in [1.82, 2.24) is 0 Å². The first-order valence-corrected chi connectivity index (χ1v) is 8.58. The van der Waals surface area contributed by atoms with Crippen LogP contribution in [0.15, 0.2) is 42.5 Å². The summed E-state index contributed by atoms with van der Waals surface area (Å²) in [5.41, 5.74) is -0.854. The maximum Gasteiger partial charge on any atom is 0.416 e. The third-order valence-corrected chi connectivity index (χ3v) is 3.88. The number of carbonyl (C=O) groups excluding carboxylic acids is 3. The SMILES string of the molecule is N#CCC(=O)Nc1ccc(C(=O)OCC(=O)Nc2cc(C(F)(F)F)ccc2Cl)cc1. The number of nitrogens with zero attached hydrogens (tertiary/aromatic N) is 1. The number of hydrogen-bond donors (Lipinski definition) is 2. The Balaban J connectivity index is 1.93. The molecule has 156 valence electrons. The Kier molecular flexibility index (Phi) is 7.38. The molecule has 0 saturated heterocycles. The number of rotatable bonds is 6. The van der Waals surface area contributed by atoms with Gasteiger partial charge in [0.05, 0.1) is 27.9 Å². The van der Waals surface area contributed by atoms with E-state index in [9.17, 15) is 27.6 Å². The van der Waals surface area contributed by atoms with E-state index in [1.54, 1.807) is 6.07 Å². The van der Waals surface area contributed by atoms with Crippen molar-refractivity contribution in [3.05, 3.63) is 58.6 Å². The van der Waals surface area contributed by atoms with Crippen molar-refractivity contribution in [3.8, 4) is 6.07 Å². The van der Waals surface area contributed by atoms with E-state index >= 15 is 0 Å². The average Bonchev–Trinajstić information content (AvgIpc) is 2.67. The van der Waals surface area contributed by atoms with Gasteiger partial charge in [0.1, 0.15) is 6.42 Å². The predicted molar refractivity (Wildman–Crippen MR) is 101 cm³/mol. The van der Waals surface area contributed by atoms with Gasteiger partial charge in [-0.05, 0) is 42.5 Å². The normalized spacial score (nSPS) is 10.6. The molecule has 0 fully saturated rings. The van der Waals surface area contributed by atoms with Gasteiger partial charge in [-0.25, -0.2) is 4.79 Å². The van der Waals surface area contributed by atoms with Crippen molar-refractivity contribution in [2.24, 2.45) is 0 Å². The van der Waals surface area contributed by atoms with Crippen LogP contribution in [0, 0.1) is 11.3 Å². The van der Waals surface area contributed by atoms with Crippen LogP contribution in [0.4, 0.5) is 24.5 Å². The molecule has 0 aliphatic rings. The number of nitrogens with one attached hydrogen (secondary N) is 2. The monoisotopic (exact) mass is 439 g/mol. The quantitative estimate of drug-likeness (QED) is 0.661. The van der Waals surface area contributed by atoms with Crippen molar-refractivity contribution in [2.45, 2.75) is 12.6 Å². The summed E-state index contributed by atoms with van der Waals surface area (Å²) in [5.74, 6) is -2.27. The molecule has 30 heavy (non-hydrogen) atoms. The molecule has 0 heterocycles. The Morgan fingerprint density at radius 1 is 1.03 bits per heavy atom. The summed E-state index contributed by atoms with van der Waals surface area (Å²) < 4.78 is 43.1. The highest BCUT2D eigenvalue weighted by atomic mass is 35.5.